The molecule has 0 atom stereocenters. The third kappa shape index (κ3) is 4.69. The SMILES string of the molecule is CCCCC[Si]1(C2CCC(c3ccc(Cl)c(F)c3)CC2)CCCCC1. The highest BCUT2D eigenvalue weighted by Gasteiger charge is 2.42. The minimum Gasteiger partial charge on any atom is -0.205 e. The molecule has 0 bridgehead atoms. The summed E-state index contributed by atoms with van der Waals surface area (Å²) in [7, 11) is -1.06. The molecule has 3 rings (SSSR count). The fourth-order valence-electron chi connectivity index (χ4n) is 5.65. The van der Waals surface area contributed by atoms with E-state index < -0.39 is 8.07 Å². The zero-order valence-corrected chi connectivity index (χ0v) is 17.6. The molecule has 2 aliphatic rings. The van der Waals surface area contributed by atoms with E-state index in [1.54, 1.807) is 30.3 Å². The maximum Gasteiger partial charge on any atom is 0.142 e. The molecule has 3 heteroatoms. The summed E-state index contributed by atoms with van der Waals surface area (Å²) in [6, 6.07) is 10.3. The highest BCUT2D eigenvalue weighted by Crippen LogP contribution is 2.50. The van der Waals surface area contributed by atoms with Crippen molar-refractivity contribution in [1.82, 2.24) is 0 Å². The van der Waals surface area contributed by atoms with Crippen molar-refractivity contribution in [3.63, 3.8) is 0 Å². The van der Waals surface area contributed by atoms with Crippen LogP contribution < -0.4 is 0 Å². The van der Waals surface area contributed by atoms with E-state index in [9.17, 15) is 4.39 Å². The molecular weight excluding hydrogens is 347 g/mol. The van der Waals surface area contributed by atoms with Gasteiger partial charge in [0.05, 0.1) is 13.1 Å². The normalized spacial score (nSPS) is 26.5. The quantitative estimate of drug-likeness (QED) is 0.343. The first-order chi connectivity index (χ1) is 12.1. The minimum absolute atomic E-state index is 0.251. The van der Waals surface area contributed by atoms with Gasteiger partial charge < -0.3 is 0 Å². The number of hydrogen-bond donors (Lipinski definition) is 0. The summed E-state index contributed by atoms with van der Waals surface area (Å²) >= 11 is 5.85. The smallest absolute Gasteiger partial charge is 0.142 e. The summed E-state index contributed by atoms with van der Waals surface area (Å²) in [5, 5.41) is 0.252. The van der Waals surface area contributed by atoms with Gasteiger partial charge in [0.2, 0.25) is 0 Å². The van der Waals surface area contributed by atoms with Crippen molar-refractivity contribution in [1.29, 1.82) is 0 Å². The second-order valence-electron chi connectivity index (χ2n) is 8.60. The van der Waals surface area contributed by atoms with Crippen LogP contribution in [-0.2, 0) is 0 Å². The lowest BCUT2D eigenvalue weighted by Gasteiger charge is -2.45. The van der Waals surface area contributed by atoms with Crippen molar-refractivity contribution >= 4 is 19.7 Å². The number of unbranched alkanes of at least 4 members (excludes halogenated alkanes) is 2. The van der Waals surface area contributed by atoms with Gasteiger partial charge in [-0.2, -0.15) is 0 Å². The number of benzene rings is 1. The average Bonchev–Trinajstić information content (AvgIpc) is 2.65. The van der Waals surface area contributed by atoms with Gasteiger partial charge in [-0.05, 0) is 42.0 Å². The van der Waals surface area contributed by atoms with Crippen molar-refractivity contribution in [3.05, 3.63) is 34.6 Å². The molecule has 2 fully saturated rings. The molecule has 25 heavy (non-hydrogen) atoms. The van der Waals surface area contributed by atoms with Gasteiger partial charge in [-0.15, -0.1) is 0 Å². The molecule has 1 saturated carbocycles. The van der Waals surface area contributed by atoms with Crippen LogP contribution in [0.15, 0.2) is 18.2 Å². The van der Waals surface area contributed by atoms with Gasteiger partial charge in [0.25, 0.3) is 0 Å². The lowest BCUT2D eigenvalue weighted by molar-refractivity contribution is 0.425. The van der Waals surface area contributed by atoms with Crippen molar-refractivity contribution in [2.75, 3.05) is 0 Å². The van der Waals surface area contributed by atoms with Crippen LogP contribution in [0.4, 0.5) is 4.39 Å². The Labute approximate surface area is 159 Å². The van der Waals surface area contributed by atoms with Gasteiger partial charge in [-0.25, -0.2) is 4.39 Å². The topological polar surface area (TPSA) is 0 Å². The van der Waals surface area contributed by atoms with E-state index >= 15 is 0 Å². The molecule has 0 nitrogen and oxygen atoms in total. The first kappa shape index (κ1) is 19.4. The Morgan fingerprint density at radius 1 is 1.04 bits per heavy atom. The maximum atomic E-state index is 13.8. The molecule has 1 heterocycles. The van der Waals surface area contributed by atoms with E-state index in [0.717, 1.165) is 5.54 Å². The summed E-state index contributed by atoms with van der Waals surface area (Å²) < 4.78 is 13.8. The summed E-state index contributed by atoms with van der Waals surface area (Å²) in [5.41, 5.74) is 2.21. The Morgan fingerprint density at radius 2 is 1.76 bits per heavy atom. The average molecular weight is 381 g/mol. The van der Waals surface area contributed by atoms with Gasteiger partial charge in [0.1, 0.15) is 5.82 Å². The van der Waals surface area contributed by atoms with Crippen molar-refractivity contribution in [2.45, 2.75) is 101 Å². The van der Waals surface area contributed by atoms with Crippen LogP contribution in [0.1, 0.15) is 82.6 Å². The predicted octanol–water partition coefficient (Wildman–Crippen LogP) is 8.33. The van der Waals surface area contributed by atoms with Crippen molar-refractivity contribution < 1.29 is 4.39 Å². The third-order valence-corrected chi connectivity index (χ3v) is 13.8. The molecule has 1 aromatic rings. The fourth-order valence-corrected chi connectivity index (χ4v) is 12.2. The monoisotopic (exact) mass is 380 g/mol. The first-order valence-corrected chi connectivity index (χ1v) is 13.7. The van der Waals surface area contributed by atoms with Gasteiger partial charge in [-0.1, -0.05) is 94.1 Å². The van der Waals surface area contributed by atoms with Crippen LogP contribution in [-0.4, -0.2) is 8.07 Å². The molecule has 0 N–H and O–H groups in total. The third-order valence-electron chi connectivity index (χ3n) is 7.14. The van der Waals surface area contributed by atoms with Crippen LogP contribution in [0.2, 0.25) is 28.7 Å². The van der Waals surface area contributed by atoms with Gasteiger partial charge in [0.15, 0.2) is 0 Å². The first-order valence-electron chi connectivity index (χ1n) is 10.6. The molecular formula is C22H34ClFSi. The largest absolute Gasteiger partial charge is 0.205 e. The summed E-state index contributed by atoms with van der Waals surface area (Å²) in [4.78, 5) is 0. The molecule has 1 aliphatic carbocycles. The molecule has 0 radical (unpaired) electrons. The molecule has 1 saturated heterocycles. The van der Waals surface area contributed by atoms with Crippen LogP contribution in [0.25, 0.3) is 0 Å². The summed E-state index contributed by atoms with van der Waals surface area (Å²) in [6.45, 7) is 2.32. The van der Waals surface area contributed by atoms with E-state index in [4.69, 9.17) is 11.6 Å². The van der Waals surface area contributed by atoms with Gasteiger partial charge >= 0.3 is 0 Å². The molecule has 1 aromatic carbocycles. The zero-order valence-electron chi connectivity index (χ0n) is 15.8. The Hall–Kier alpha value is -0.343. The number of rotatable bonds is 6. The highest BCUT2D eigenvalue weighted by molar-refractivity contribution is 6.81. The number of hydrogen-bond acceptors (Lipinski definition) is 0. The van der Waals surface area contributed by atoms with E-state index in [-0.39, 0.29) is 10.8 Å². The lowest BCUT2D eigenvalue weighted by atomic mass is 9.84. The van der Waals surface area contributed by atoms with E-state index in [2.05, 4.69) is 6.92 Å². The molecule has 0 aromatic heterocycles. The zero-order chi connectivity index (χ0) is 17.7. The summed E-state index contributed by atoms with van der Waals surface area (Å²) in [6.07, 6.45) is 14.0. The lowest BCUT2D eigenvalue weighted by Crippen LogP contribution is -2.42. The second kappa shape index (κ2) is 9.04. The van der Waals surface area contributed by atoms with Crippen molar-refractivity contribution in [3.8, 4) is 0 Å². The summed E-state index contributed by atoms with van der Waals surface area (Å²) in [5.74, 6) is 0.298. The van der Waals surface area contributed by atoms with Crippen molar-refractivity contribution in [2.24, 2.45) is 0 Å². The van der Waals surface area contributed by atoms with Crippen LogP contribution >= 0.6 is 11.6 Å². The molecule has 140 valence electrons. The standard InChI is InChI=1S/C22H34ClFSi/c1-2-3-5-14-25(15-6-4-7-16-25)20-11-8-18(9-12-20)19-10-13-21(23)22(24)17-19/h10,13,17-18,20H,2-9,11-12,14-16H2,1H3. The molecule has 1 aliphatic heterocycles. The number of halogens is 2. The fraction of sp³-hybridized carbons (Fsp3) is 0.727. The Balaban J connectivity index is 1.63. The predicted molar refractivity (Wildman–Crippen MR) is 110 cm³/mol. The Bertz CT molecular complexity index is 545. The van der Waals surface area contributed by atoms with Gasteiger partial charge in [0, 0.05) is 0 Å². The van der Waals surface area contributed by atoms with E-state index in [1.165, 1.54) is 69.8 Å². The van der Waals surface area contributed by atoms with E-state index in [0.29, 0.717) is 5.92 Å². The molecule has 0 amide bonds. The highest BCUT2D eigenvalue weighted by atomic mass is 35.5. The second-order valence-corrected chi connectivity index (χ2v) is 14.1. The van der Waals surface area contributed by atoms with E-state index in [1.807, 2.05) is 6.07 Å². The van der Waals surface area contributed by atoms with Crippen LogP contribution in [0.5, 0.6) is 0 Å². The molecule has 0 unspecified atom stereocenters. The minimum atomic E-state index is -1.06. The Morgan fingerprint density at radius 3 is 2.40 bits per heavy atom. The molecule has 0 spiro atoms. The van der Waals surface area contributed by atoms with Crippen LogP contribution in [0, 0.1) is 5.82 Å². The van der Waals surface area contributed by atoms with Crippen LogP contribution in [0.3, 0.4) is 0 Å². The Kier molecular flexibility index (Phi) is 7.02. The van der Waals surface area contributed by atoms with Gasteiger partial charge in [-0.3, -0.25) is 0 Å². The maximum absolute atomic E-state index is 13.8.